The van der Waals surface area contributed by atoms with Crippen LogP contribution in [0.1, 0.15) is 30.9 Å². The first-order valence-corrected chi connectivity index (χ1v) is 6.09. The van der Waals surface area contributed by atoms with Gasteiger partial charge in [-0.25, -0.2) is 0 Å². The summed E-state index contributed by atoms with van der Waals surface area (Å²) in [5.41, 5.74) is 10.2. The van der Waals surface area contributed by atoms with E-state index >= 15 is 0 Å². The Hall–Kier alpha value is -1.02. The van der Waals surface area contributed by atoms with Crippen LogP contribution in [0.15, 0.2) is 18.2 Å². The minimum Gasteiger partial charge on any atom is -0.370 e. The second kappa shape index (κ2) is 4.10. The Morgan fingerprint density at radius 1 is 1.25 bits per heavy atom. The molecule has 2 N–H and O–H groups in total. The third-order valence-electron chi connectivity index (χ3n) is 3.58. The lowest BCUT2D eigenvalue weighted by molar-refractivity contribution is 0.375. The van der Waals surface area contributed by atoms with Crippen molar-refractivity contribution >= 4 is 5.69 Å². The van der Waals surface area contributed by atoms with E-state index in [-0.39, 0.29) is 5.54 Å². The van der Waals surface area contributed by atoms with Crippen LogP contribution in [0.25, 0.3) is 0 Å². The van der Waals surface area contributed by atoms with Gasteiger partial charge < -0.3 is 10.6 Å². The SMILES string of the molecule is Cc1ccc(N2CCCC(C)(N)C2)cc1C. The molecule has 16 heavy (non-hydrogen) atoms. The Morgan fingerprint density at radius 3 is 2.62 bits per heavy atom. The molecule has 0 aliphatic carbocycles. The van der Waals surface area contributed by atoms with Crippen LogP contribution in [0.4, 0.5) is 5.69 Å². The predicted octanol–water partition coefficient (Wildman–Crippen LogP) is 2.62. The van der Waals surface area contributed by atoms with Crippen molar-refractivity contribution in [1.29, 1.82) is 0 Å². The van der Waals surface area contributed by atoms with E-state index in [0.29, 0.717) is 0 Å². The van der Waals surface area contributed by atoms with Gasteiger partial charge in [0.05, 0.1) is 0 Å². The van der Waals surface area contributed by atoms with Crippen LogP contribution in [0.2, 0.25) is 0 Å². The molecule has 1 saturated heterocycles. The van der Waals surface area contributed by atoms with E-state index in [1.165, 1.54) is 23.2 Å². The molecule has 1 fully saturated rings. The fourth-order valence-corrected chi connectivity index (χ4v) is 2.41. The second-order valence-electron chi connectivity index (χ2n) is 5.45. The van der Waals surface area contributed by atoms with Gasteiger partial charge in [-0.15, -0.1) is 0 Å². The molecule has 2 rings (SSSR count). The number of rotatable bonds is 1. The van der Waals surface area contributed by atoms with Crippen molar-refractivity contribution < 1.29 is 0 Å². The van der Waals surface area contributed by atoms with Gasteiger partial charge >= 0.3 is 0 Å². The Kier molecular flexibility index (Phi) is 2.94. The first-order valence-electron chi connectivity index (χ1n) is 6.09. The summed E-state index contributed by atoms with van der Waals surface area (Å²) >= 11 is 0. The summed E-state index contributed by atoms with van der Waals surface area (Å²) in [6, 6.07) is 6.69. The average molecular weight is 218 g/mol. The highest BCUT2D eigenvalue weighted by molar-refractivity contribution is 5.51. The summed E-state index contributed by atoms with van der Waals surface area (Å²) in [5, 5.41) is 0. The minimum atomic E-state index is -0.0307. The molecule has 2 nitrogen and oxygen atoms in total. The van der Waals surface area contributed by atoms with E-state index in [2.05, 4.69) is 43.9 Å². The number of hydrogen-bond acceptors (Lipinski definition) is 2. The number of hydrogen-bond donors (Lipinski definition) is 1. The fourth-order valence-electron chi connectivity index (χ4n) is 2.41. The Balaban J connectivity index is 2.20. The Bertz CT molecular complexity index is 382. The van der Waals surface area contributed by atoms with Crippen molar-refractivity contribution in [1.82, 2.24) is 0 Å². The Morgan fingerprint density at radius 2 is 2.00 bits per heavy atom. The molecule has 1 atom stereocenters. The van der Waals surface area contributed by atoms with Gasteiger partial charge in [0.2, 0.25) is 0 Å². The molecule has 0 aromatic heterocycles. The number of anilines is 1. The molecule has 1 unspecified atom stereocenters. The zero-order valence-corrected chi connectivity index (χ0v) is 10.6. The maximum atomic E-state index is 6.23. The molecule has 1 aromatic carbocycles. The monoisotopic (exact) mass is 218 g/mol. The molecule has 0 saturated carbocycles. The summed E-state index contributed by atoms with van der Waals surface area (Å²) < 4.78 is 0. The number of piperidine rings is 1. The molecule has 88 valence electrons. The topological polar surface area (TPSA) is 29.3 Å². The van der Waals surface area contributed by atoms with E-state index in [4.69, 9.17) is 5.73 Å². The van der Waals surface area contributed by atoms with Crippen LogP contribution < -0.4 is 10.6 Å². The minimum absolute atomic E-state index is 0.0307. The van der Waals surface area contributed by atoms with Gasteiger partial charge in [0.15, 0.2) is 0 Å². The normalized spacial score (nSPS) is 25.9. The molecule has 1 heterocycles. The molecular formula is C14H22N2. The van der Waals surface area contributed by atoms with Crippen molar-refractivity contribution in [2.75, 3.05) is 18.0 Å². The summed E-state index contributed by atoms with van der Waals surface area (Å²) in [6.07, 6.45) is 2.33. The van der Waals surface area contributed by atoms with Crippen molar-refractivity contribution in [3.8, 4) is 0 Å². The molecule has 0 amide bonds. The molecule has 0 spiro atoms. The van der Waals surface area contributed by atoms with Crippen LogP contribution in [-0.2, 0) is 0 Å². The standard InChI is InChI=1S/C14H22N2/c1-11-5-6-13(9-12(11)2)16-8-4-7-14(3,15)10-16/h5-6,9H,4,7-8,10,15H2,1-3H3. The average Bonchev–Trinajstić information content (AvgIpc) is 2.20. The number of benzene rings is 1. The van der Waals surface area contributed by atoms with Crippen molar-refractivity contribution in [3.05, 3.63) is 29.3 Å². The molecule has 0 bridgehead atoms. The van der Waals surface area contributed by atoms with Crippen molar-refractivity contribution in [2.24, 2.45) is 5.73 Å². The van der Waals surface area contributed by atoms with Gasteiger partial charge in [0.25, 0.3) is 0 Å². The van der Waals surface area contributed by atoms with Crippen molar-refractivity contribution in [3.63, 3.8) is 0 Å². The van der Waals surface area contributed by atoms with E-state index in [0.717, 1.165) is 19.5 Å². The second-order valence-corrected chi connectivity index (χ2v) is 5.45. The summed E-state index contributed by atoms with van der Waals surface area (Å²) in [6.45, 7) is 8.58. The largest absolute Gasteiger partial charge is 0.370 e. The maximum absolute atomic E-state index is 6.23. The predicted molar refractivity (Wildman–Crippen MR) is 70.0 cm³/mol. The van der Waals surface area contributed by atoms with E-state index < -0.39 is 0 Å². The lowest BCUT2D eigenvalue weighted by Crippen LogP contribution is -2.52. The fraction of sp³-hybridized carbons (Fsp3) is 0.571. The quantitative estimate of drug-likeness (QED) is 0.785. The van der Waals surface area contributed by atoms with Crippen LogP contribution in [0.3, 0.4) is 0 Å². The van der Waals surface area contributed by atoms with Crippen LogP contribution >= 0.6 is 0 Å². The molecule has 2 heteroatoms. The third kappa shape index (κ3) is 2.38. The summed E-state index contributed by atoms with van der Waals surface area (Å²) in [7, 11) is 0. The lowest BCUT2D eigenvalue weighted by Gasteiger charge is -2.39. The first-order chi connectivity index (χ1) is 7.48. The summed E-state index contributed by atoms with van der Waals surface area (Å²) in [5.74, 6) is 0. The van der Waals surface area contributed by atoms with Gasteiger partial charge in [-0.2, -0.15) is 0 Å². The summed E-state index contributed by atoms with van der Waals surface area (Å²) in [4.78, 5) is 2.41. The third-order valence-corrected chi connectivity index (χ3v) is 3.58. The smallest absolute Gasteiger partial charge is 0.0369 e. The number of nitrogens with zero attached hydrogens (tertiary/aromatic N) is 1. The zero-order chi connectivity index (χ0) is 11.8. The molecule has 1 aliphatic heterocycles. The number of nitrogens with two attached hydrogens (primary N) is 1. The molecular weight excluding hydrogens is 196 g/mol. The van der Waals surface area contributed by atoms with Crippen LogP contribution in [0, 0.1) is 13.8 Å². The molecule has 1 aromatic rings. The van der Waals surface area contributed by atoms with Crippen molar-refractivity contribution in [2.45, 2.75) is 39.2 Å². The van der Waals surface area contributed by atoms with E-state index in [1.54, 1.807) is 0 Å². The highest BCUT2D eigenvalue weighted by atomic mass is 15.2. The zero-order valence-electron chi connectivity index (χ0n) is 10.6. The Labute approximate surface area is 98.4 Å². The highest BCUT2D eigenvalue weighted by Gasteiger charge is 2.26. The van der Waals surface area contributed by atoms with Gasteiger partial charge in [0.1, 0.15) is 0 Å². The molecule has 0 radical (unpaired) electrons. The number of aryl methyl sites for hydroxylation is 2. The van der Waals surface area contributed by atoms with Gasteiger partial charge in [0, 0.05) is 24.3 Å². The maximum Gasteiger partial charge on any atom is 0.0369 e. The van der Waals surface area contributed by atoms with E-state index in [1.807, 2.05) is 0 Å². The van der Waals surface area contributed by atoms with E-state index in [9.17, 15) is 0 Å². The van der Waals surface area contributed by atoms with Gasteiger partial charge in [-0.3, -0.25) is 0 Å². The molecule has 1 aliphatic rings. The van der Waals surface area contributed by atoms with Crippen LogP contribution in [-0.4, -0.2) is 18.6 Å². The first kappa shape index (κ1) is 11.5. The van der Waals surface area contributed by atoms with Gasteiger partial charge in [-0.05, 0) is 56.9 Å². The van der Waals surface area contributed by atoms with Crippen LogP contribution in [0.5, 0.6) is 0 Å². The highest BCUT2D eigenvalue weighted by Crippen LogP contribution is 2.25. The van der Waals surface area contributed by atoms with Gasteiger partial charge in [-0.1, -0.05) is 6.07 Å². The lowest BCUT2D eigenvalue weighted by atomic mass is 9.92.